The molecule has 0 saturated heterocycles. The van der Waals surface area contributed by atoms with E-state index in [9.17, 15) is 14.9 Å². The first-order chi connectivity index (χ1) is 7.04. The van der Waals surface area contributed by atoms with E-state index in [0.717, 1.165) is 0 Å². The molecule has 0 unspecified atom stereocenters. The minimum Gasteiger partial charge on any atom is -0.465 e. The largest absolute Gasteiger partial charge is 0.465 e. The van der Waals surface area contributed by atoms with E-state index < -0.39 is 11.0 Å². The van der Waals surface area contributed by atoms with Gasteiger partial charge in [0, 0.05) is 4.47 Å². The van der Waals surface area contributed by atoms with Gasteiger partial charge in [0.2, 0.25) is 0 Å². The third kappa shape index (κ3) is 2.91. The van der Waals surface area contributed by atoms with Gasteiger partial charge in [0.1, 0.15) is 5.69 Å². The van der Waals surface area contributed by atoms with Crippen LogP contribution in [0.4, 0.5) is 5.69 Å². The van der Waals surface area contributed by atoms with Gasteiger partial charge in [0.15, 0.2) is 5.03 Å². The lowest BCUT2D eigenvalue weighted by Crippen LogP contribution is -2.13. The van der Waals surface area contributed by atoms with Gasteiger partial charge in [-0.15, -0.1) is 5.43 Å². The van der Waals surface area contributed by atoms with Crippen molar-refractivity contribution in [2.75, 3.05) is 12.5 Å². The fourth-order valence-electron chi connectivity index (χ4n) is 0.991. The Balaban J connectivity index is 3.14. The zero-order valence-corrected chi connectivity index (χ0v) is 9.28. The Morgan fingerprint density at radius 2 is 2.27 bits per heavy atom. The van der Waals surface area contributed by atoms with Gasteiger partial charge in [-0.25, -0.2) is 14.9 Å². The number of hydrogen-bond donors (Lipinski definition) is 1. The molecule has 1 N–H and O–H groups in total. The number of rotatable bonds is 3. The zero-order chi connectivity index (χ0) is 11.4. The number of anilines is 1. The molecule has 15 heavy (non-hydrogen) atoms. The minimum atomic E-state index is -0.740. The van der Waals surface area contributed by atoms with Crippen molar-refractivity contribution in [2.24, 2.45) is 0 Å². The molecule has 0 saturated carbocycles. The van der Waals surface area contributed by atoms with Gasteiger partial charge in [-0.2, -0.15) is 0 Å². The summed E-state index contributed by atoms with van der Waals surface area (Å²) in [4.78, 5) is 21.5. The van der Waals surface area contributed by atoms with E-state index in [1.807, 2.05) is 5.43 Å². The van der Waals surface area contributed by atoms with Crippen LogP contribution in [0.1, 0.15) is 10.4 Å². The molecular weight excluding hydrogens is 268 g/mol. The molecular formula is C8H7BrN2O4. The molecule has 0 aliphatic carbocycles. The van der Waals surface area contributed by atoms with Crippen molar-refractivity contribution >= 4 is 27.6 Å². The summed E-state index contributed by atoms with van der Waals surface area (Å²) in [5.74, 6) is -0.638. The summed E-state index contributed by atoms with van der Waals surface area (Å²) < 4.78 is 5.13. The lowest BCUT2D eigenvalue weighted by atomic mass is 10.2. The van der Waals surface area contributed by atoms with Gasteiger partial charge in [-0.05, 0) is 18.2 Å². The maximum Gasteiger partial charge on any atom is 0.340 e. The number of hydrogen-bond acceptors (Lipinski definition) is 4. The average molecular weight is 275 g/mol. The van der Waals surface area contributed by atoms with Gasteiger partial charge in [0.25, 0.3) is 0 Å². The Hall–Kier alpha value is -1.63. The van der Waals surface area contributed by atoms with Crippen LogP contribution in [0.3, 0.4) is 0 Å². The fraction of sp³-hybridized carbons (Fsp3) is 0.125. The SMILES string of the molecule is COC(=O)c1cc(Br)ccc1N[N+](=O)[O-]. The Labute approximate surface area is 93.5 Å². The van der Waals surface area contributed by atoms with E-state index in [1.165, 1.54) is 19.2 Å². The fourth-order valence-corrected chi connectivity index (χ4v) is 1.35. The number of nitrogens with one attached hydrogen (secondary N) is 1. The summed E-state index contributed by atoms with van der Waals surface area (Å²) >= 11 is 3.15. The number of hydrazine groups is 1. The molecule has 6 nitrogen and oxygen atoms in total. The summed E-state index contributed by atoms with van der Waals surface area (Å²) in [6, 6.07) is 4.44. The van der Waals surface area contributed by atoms with E-state index in [2.05, 4.69) is 20.7 Å². The highest BCUT2D eigenvalue weighted by molar-refractivity contribution is 9.10. The van der Waals surface area contributed by atoms with E-state index in [0.29, 0.717) is 4.47 Å². The van der Waals surface area contributed by atoms with Crippen LogP contribution in [0.25, 0.3) is 0 Å². The molecule has 80 valence electrons. The third-order valence-corrected chi connectivity index (χ3v) is 2.09. The molecule has 0 atom stereocenters. The molecule has 0 aromatic heterocycles. The van der Waals surface area contributed by atoms with Gasteiger partial charge in [-0.3, -0.25) is 0 Å². The molecule has 0 fully saturated rings. The summed E-state index contributed by atoms with van der Waals surface area (Å²) in [6.45, 7) is 0. The smallest absolute Gasteiger partial charge is 0.340 e. The van der Waals surface area contributed by atoms with Crippen LogP contribution in [0.2, 0.25) is 0 Å². The Morgan fingerprint density at radius 3 is 2.80 bits per heavy atom. The number of halogens is 1. The molecule has 0 heterocycles. The van der Waals surface area contributed by atoms with Crippen LogP contribution in [0, 0.1) is 10.1 Å². The number of esters is 1. The predicted octanol–water partition coefficient (Wildman–Crippen LogP) is 1.84. The number of carbonyl (C=O) groups excluding carboxylic acids is 1. The predicted molar refractivity (Wildman–Crippen MR) is 56.1 cm³/mol. The lowest BCUT2D eigenvalue weighted by Gasteiger charge is -2.05. The van der Waals surface area contributed by atoms with E-state index in [-0.39, 0.29) is 11.3 Å². The summed E-state index contributed by atoms with van der Waals surface area (Å²) in [7, 11) is 1.21. The molecule has 1 rings (SSSR count). The van der Waals surface area contributed by atoms with Crippen molar-refractivity contribution in [2.45, 2.75) is 0 Å². The number of methoxy groups -OCH3 is 1. The summed E-state index contributed by atoms with van der Waals surface area (Å²) in [5.41, 5.74) is 2.11. The first-order valence-corrected chi connectivity index (χ1v) is 4.63. The normalized spacial score (nSPS) is 9.47. The molecule has 7 heteroatoms. The Morgan fingerprint density at radius 1 is 1.60 bits per heavy atom. The van der Waals surface area contributed by atoms with Crippen LogP contribution in [0.5, 0.6) is 0 Å². The number of ether oxygens (including phenoxy) is 1. The Kier molecular flexibility index (Phi) is 3.62. The number of nitro groups is 1. The molecule has 1 aromatic rings. The first kappa shape index (κ1) is 11.4. The molecule has 0 aliphatic heterocycles. The van der Waals surface area contributed by atoms with Crippen molar-refractivity contribution in [3.63, 3.8) is 0 Å². The topological polar surface area (TPSA) is 81.5 Å². The second kappa shape index (κ2) is 4.74. The zero-order valence-electron chi connectivity index (χ0n) is 7.69. The van der Waals surface area contributed by atoms with E-state index in [1.54, 1.807) is 6.07 Å². The van der Waals surface area contributed by atoms with Crippen LogP contribution in [-0.2, 0) is 4.74 Å². The van der Waals surface area contributed by atoms with Gasteiger partial charge in [0.05, 0.1) is 12.7 Å². The summed E-state index contributed by atoms with van der Waals surface area (Å²) in [6.07, 6.45) is 0. The van der Waals surface area contributed by atoms with Crippen molar-refractivity contribution in [1.29, 1.82) is 0 Å². The Bertz CT molecular complexity index is 408. The third-order valence-electron chi connectivity index (χ3n) is 1.60. The van der Waals surface area contributed by atoms with Crippen LogP contribution < -0.4 is 5.43 Å². The summed E-state index contributed by atoms with van der Waals surface area (Å²) in [5, 5.41) is 9.51. The molecule has 0 amide bonds. The van der Waals surface area contributed by atoms with Crippen LogP contribution in [0.15, 0.2) is 22.7 Å². The minimum absolute atomic E-state index is 0.0926. The van der Waals surface area contributed by atoms with Crippen molar-refractivity contribution in [3.05, 3.63) is 38.3 Å². The van der Waals surface area contributed by atoms with Crippen molar-refractivity contribution in [3.8, 4) is 0 Å². The van der Waals surface area contributed by atoms with Crippen molar-refractivity contribution in [1.82, 2.24) is 0 Å². The molecule has 0 bridgehead atoms. The van der Waals surface area contributed by atoms with Gasteiger partial charge in [-0.1, -0.05) is 15.9 Å². The highest BCUT2D eigenvalue weighted by atomic mass is 79.9. The monoisotopic (exact) mass is 274 g/mol. The number of nitrogens with zero attached hydrogens (tertiary/aromatic N) is 1. The molecule has 0 radical (unpaired) electrons. The van der Waals surface area contributed by atoms with Crippen LogP contribution >= 0.6 is 15.9 Å². The quantitative estimate of drug-likeness (QED) is 0.517. The number of benzene rings is 1. The van der Waals surface area contributed by atoms with Crippen molar-refractivity contribution < 1.29 is 14.6 Å². The first-order valence-electron chi connectivity index (χ1n) is 3.83. The maximum atomic E-state index is 11.3. The number of carbonyl (C=O) groups is 1. The molecule has 0 spiro atoms. The highest BCUT2D eigenvalue weighted by Crippen LogP contribution is 2.21. The van der Waals surface area contributed by atoms with Crippen LogP contribution in [-0.4, -0.2) is 18.1 Å². The van der Waals surface area contributed by atoms with E-state index in [4.69, 9.17) is 0 Å². The second-order valence-corrected chi connectivity index (χ2v) is 3.47. The maximum absolute atomic E-state index is 11.3. The molecule has 0 aliphatic rings. The standard InChI is InChI=1S/C8H7BrN2O4/c1-15-8(12)6-4-5(9)2-3-7(6)10-11(13)14/h2-4,10H,1H3. The lowest BCUT2D eigenvalue weighted by molar-refractivity contribution is -0.445. The average Bonchev–Trinajstić information content (AvgIpc) is 2.19. The van der Waals surface area contributed by atoms with Gasteiger partial charge < -0.3 is 4.74 Å². The molecule has 1 aromatic carbocycles. The second-order valence-electron chi connectivity index (χ2n) is 2.55. The highest BCUT2D eigenvalue weighted by Gasteiger charge is 2.15. The van der Waals surface area contributed by atoms with E-state index >= 15 is 0 Å². The van der Waals surface area contributed by atoms with Gasteiger partial charge >= 0.3 is 5.97 Å².